The van der Waals surface area contributed by atoms with Crippen LogP contribution in [0.2, 0.25) is 0 Å². The molecule has 0 N–H and O–H groups in total. The molecule has 0 saturated carbocycles. The molecule has 0 fully saturated rings. The number of benzene rings is 10. The first kappa shape index (κ1) is 44.4. The normalized spacial score (nSPS) is 18.1. The van der Waals surface area contributed by atoms with Gasteiger partial charge in [-0.15, -0.1) is 0 Å². The van der Waals surface area contributed by atoms with E-state index in [9.17, 15) is 0 Å². The van der Waals surface area contributed by atoms with Crippen LogP contribution < -0.4 is 0 Å². The molecule has 10 aromatic carbocycles. The van der Waals surface area contributed by atoms with Crippen LogP contribution in [-0.2, 0) is 23.7 Å². The van der Waals surface area contributed by atoms with E-state index < -0.39 is 0 Å². The minimum Gasteiger partial charge on any atom is -0.0839 e. The first-order valence-corrected chi connectivity index (χ1v) is 26.8. The van der Waals surface area contributed by atoms with Crippen molar-refractivity contribution in [2.75, 3.05) is 0 Å². The second-order valence-corrected chi connectivity index (χ2v) is 21.4. The van der Waals surface area contributed by atoms with Crippen LogP contribution in [0.25, 0.3) is 55.8 Å². The summed E-state index contributed by atoms with van der Waals surface area (Å²) in [7, 11) is 0. The Morgan fingerprint density at radius 1 is 0.351 bits per heavy atom. The fraction of sp³-hybridized carbons (Fsp3) is 0.135. The van der Waals surface area contributed by atoms with Gasteiger partial charge in [-0.1, -0.05) is 253 Å². The Morgan fingerprint density at radius 2 is 0.905 bits per heavy atom. The van der Waals surface area contributed by atoms with Gasteiger partial charge in [-0.05, 0) is 175 Å². The van der Waals surface area contributed by atoms with Crippen LogP contribution in [0, 0.1) is 20.8 Å². The molecular formula is C74H58. The second kappa shape index (κ2) is 17.4. The molecule has 0 amide bonds. The van der Waals surface area contributed by atoms with Gasteiger partial charge in [-0.3, -0.25) is 0 Å². The molecule has 0 nitrogen and oxygen atoms in total. The molecule has 0 aliphatic heterocycles. The van der Waals surface area contributed by atoms with Crippen molar-refractivity contribution in [1.29, 1.82) is 0 Å². The smallest absolute Gasteiger partial charge is 0.0722 e. The predicted octanol–water partition coefficient (Wildman–Crippen LogP) is 18.5. The Kier molecular flexibility index (Phi) is 10.5. The van der Waals surface area contributed by atoms with Crippen molar-refractivity contribution in [3.05, 3.63) is 320 Å². The molecule has 0 saturated heterocycles. The van der Waals surface area contributed by atoms with Gasteiger partial charge in [0, 0.05) is 0 Å². The fourth-order valence-corrected chi connectivity index (χ4v) is 14.2. The van der Waals surface area contributed by atoms with Crippen molar-refractivity contribution in [3.8, 4) is 33.4 Å². The van der Waals surface area contributed by atoms with E-state index in [0.717, 1.165) is 32.1 Å². The maximum absolute atomic E-state index is 2.47. The van der Waals surface area contributed by atoms with Crippen LogP contribution in [0.1, 0.15) is 103 Å². The maximum Gasteiger partial charge on any atom is 0.0722 e. The number of aryl methyl sites for hydroxylation is 4. The highest BCUT2D eigenvalue weighted by atomic mass is 14.5. The molecule has 74 heavy (non-hydrogen) atoms. The molecule has 2 unspecified atom stereocenters. The van der Waals surface area contributed by atoms with Gasteiger partial charge in [0.2, 0.25) is 0 Å². The average molecular weight is 947 g/mol. The standard InChI is InChI=1S/C35H26.C26H20.C13H12/c1-22-14-17-28-27-12-6-7-13-31(27)35(34(28)20-22)32-18-15-23-8-2-4-10-25(23)29(32)21-30-26-11-5-3-9-24(26)16-19-33(30)35;1-17-14-15-25-21(16-17)20-10-4-7-13-24(20)26(25)22-11-5-2-8-18(22)19-9-3-6-12-23(19)26;1-11-7-9-13(10-8-11)12-5-3-2-4-6-12/h2,4-8,10-20H,3,9,21H2,1H3;2,4-8,10-16H,3,9H2,1H3;2-10H,1H3. The topological polar surface area (TPSA) is 0 Å². The molecule has 6 aliphatic rings. The summed E-state index contributed by atoms with van der Waals surface area (Å²) in [5.41, 5.74) is 32.3. The number of hydrogen-bond donors (Lipinski definition) is 0. The summed E-state index contributed by atoms with van der Waals surface area (Å²) >= 11 is 0. The van der Waals surface area contributed by atoms with Crippen LogP contribution in [0.5, 0.6) is 0 Å². The van der Waals surface area contributed by atoms with E-state index in [1.165, 1.54) is 133 Å². The molecule has 16 rings (SSSR count). The third-order valence-electron chi connectivity index (χ3n) is 17.3. The number of fused-ring (bicyclic) bond motifs is 22. The molecule has 2 atom stereocenters. The van der Waals surface area contributed by atoms with Gasteiger partial charge < -0.3 is 0 Å². The van der Waals surface area contributed by atoms with Crippen molar-refractivity contribution >= 4 is 22.4 Å². The summed E-state index contributed by atoms with van der Waals surface area (Å²) in [5.74, 6) is 0. The Balaban J connectivity index is 0.000000113. The first-order chi connectivity index (χ1) is 36.4. The maximum atomic E-state index is 2.47. The molecule has 354 valence electrons. The molecular weight excluding hydrogens is 889 g/mol. The minimum atomic E-state index is -0.286. The van der Waals surface area contributed by atoms with E-state index in [0.29, 0.717) is 0 Å². The lowest BCUT2D eigenvalue weighted by Crippen LogP contribution is -2.35. The quantitative estimate of drug-likeness (QED) is 0.154. The van der Waals surface area contributed by atoms with E-state index >= 15 is 0 Å². The summed E-state index contributed by atoms with van der Waals surface area (Å²) in [6, 6.07) is 79.0. The summed E-state index contributed by atoms with van der Waals surface area (Å²) in [4.78, 5) is 0. The number of hydrogen-bond acceptors (Lipinski definition) is 0. The lowest BCUT2D eigenvalue weighted by molar-refractivity contribution is 0.721. The highest BCUT2D eigenvalue weighted by Crippen LogP contribution is 2.64. The number of allylic oxidation sites excluding steroid dienone is 5. The predicted molar refractivity (Wildman–Crippen MR) is 311 cm³/mol. The van der Waals surface area contributed by atoms with Crippen molar-refractivity contribution in [2.45, 2.75) is 63.7 Å². The average Bonchev–Trinajstić information content (AvgIpc) is 4.22. The fourth-order valence-electron chi connectivity index (χ4n) is 14.2. The lowest BCUT2D eigenvalue weighted by Gasteiger charge is -2.42. The van der Waals surface area contributed by atoms with Crippen LogP contribution in [0.4, 0.5) is 0 Å². The molecule has 10 aromatic rings. The van der Waals surface area contributed by atoms with E-state index in [4.69, 9.17) is 0 Å². The van der Waals surface area contributed by atoms with Gasteiger partial charge >= 0.3 is 0 Å². The first-order valence-electron chi connectivity index (χ1n) is 26.8. The van der Waals surface area contributed by atoms with Crippen LogP contribution in [-0.4, -0.2) is 0 Å². The third kappa shape index (κ3) is 6.53. The van der Waals surface area contributed by atoms with Gasteiger partial charge in [0.05, 0.1) is 10.8 Å². The molecule has 0 heteroatoms. The van der Waals surface area contributed by atoms with Gasteiger partial charge in [0.15, 0.2) is 0 Å². The molecule has 2 spiro atoms. The van der Waals surface area contributed by atoms with Crippen molar-refractivity contribution in [1.82, 2.24) is 0 Å². The summed E-state index contributed by atoms with van der Waals surface area (Å²) < 4.78 is 0. The summed E-state index contributed by atoms with van der Waals surface area (Å²) in [6.07, 6.45) is 15.1. The minimum absolute atomic E-state index is 0.136. The molecule has 0 bridgehead atoms. The Labute approximate surface area is 436 Å². The van der Waals surface area contributed by atoms with Crippen LogP contribution >= 0.6 is 0 Å². The van der Waals surface area contributed by atoms with E-state index in [1.54, 1.807) is 5.57 Å². The van der Waals surface area contributed by atoms with Gasteiger partial charge in [-0.2, -0.15) is 0 Å². The van der Waals surface area contributed by atoms with Gasteiger partial charge in [0.1, 0.15) is 0 Å². The summed E-state index contributed by atoms with van der Waals surface area (Å²) in [5, 5.41) is 2.73. The molecule has 6 aliphatic carbocycles. The largest absolute Gasteiger partial charge is 0.0839 e. The van der Waals surface area contributed by atoms with Crippen molar-refractivity contribution < 1.29 is 0 Å². The Bertz CT molecular complexity index is 4010. The highest BCUT2D eigenvalue weighted by molar-refractivity contribution is 5.97. The highest BCUT2D eigenvalue weighted by Gasteiger charge is 2.53. The van der Waals surface area contributed by atoms with Crippen molar-refractivity contribution in [2.24, 2.45) is 0 Å². The Morgan fingerprint density at radius 3 is 1.72 bits per heavy atom. The van der Waals surface area contributed by atoms with Crippen LogP contribution in [0.3, 0.4) is 0 Å². The van der Waals surface area contributed by atoms with Crippen LogP contribution in [0.15, 0.2) is 236 Å². The van der Waals surface area contributed by atoms with Gasteiger partial charge in [0.25, 0.3) is 0 Å². The monoisotopic (exact) mass is 946 g/mol. The molecule has 0 aromatic heterocycles. The molecule has 0 radical (unpaired) electrons. The zero-order chi connectivity index (χ0) is 49.5. The zero-order valence-electron chi connectivity index (χ0n) is 42.6. The SMILES string of the molecule is Cc1ccc(-c2ccccc2)cc1.Cc1ccc2c(c1)-c1ccccc1C21C2=C(CCC=C2)c2ccccc21.Cc1ccc2c(c1)C1(c3ccccc3-2)c2ccc3c(c2Cc2c1ccc1ccccc21)C=CCC3. The van der Waals surface area contributed by atoms with Gasteiger partial charge in [-0.25, -0.2) is 0 Å². The summed E-state index contributed by atoms with van der Waals surface area (Å²) in [6.45, 7) is 6.54. The third-order valence-corrected chi connectivity index (χ3v) is 17.3. The lowest BCUT2D eigenvalue weighted by atomic mass is 9.60. The van der Waals surface area contributed by atoms with E-state index in [1.807, 2.05) is 6.07 Å². The molecule has 0 heterocycles. The second-order valence-electron chi connectivity index (χ2n) is 21.4. The van der Waals surface area contributed by atoms with E-state index in [2.05, 4.69) is 251 Å². The zero-order valence-corrected chi connectivity index (χ0v) is 42.6. The Hall–Kier alpha value is -8.32. The number of rotatable bonds is 1. The van der Waals surface area contributed by atoms with E-state index in [-0.39, 0.29) is 10.8 Å². The van der Waals surface area contributed by atoms with Crippen molar-refractivity contribution in [3.63, 3.8) is 0 Å².